The van der Waals surface area contributed by atoms with Crippen LogP contribution in [0.25, 0.3) is 0 Å². The molecule has 0 spiro atoms. The predicted molar refractivity (Wildman–Crippen MR) is 114 cm³/mol. The monoisotopic (exact) mass is 406 g/mol. The summed E-state index contributed by atoms with van der Waals surface area (Å²) >= 11 is 0. The van der Waals surface area contributed by atoms with Gasteiger partial charge in [-0.05, 0) is 54.1 Å². The molecule has 0 bridgehead atoms. The van der Waals surface area contributed by atoms with Crippen molar-refractivity contribution in [3.8, 4) is 11.5 Å². The van der Waals surface area contributed by atoms with Crippen molar-refractivity contribution in [1.29, 1.82) is 0 Å². The van der Waals surface area contributed by atoms with E-state index in [0.717, 1.165) is 55.5 Å². The summed E-state index contributed by atoms with van der Waals surface area (Å²) in [6.07, 6.45) is 1.70. The highest BCUT2D eigenvalue weighted by Crippen LogP contribution is 2.19. The van der Waals surface area contributed by atoms with Gasteiger partial charge in [-0.15, -0.1) is 0 Å². The van der Waals surface area contributed by atoms with Crippen molar-refractivity contribution in [2.75, 3.05) is 33.3 Å². The molecule has 0 atom stereocenters. The summed E-state index contributed by atoms with van der Waals surface area (Å²) in [6.45, 7) is 4.38. The summed E-state index contributed by atoms with van der Waals surface area (Å²) in [7, 11) is 1.64. The molecule has 2 aromatic carbocycles. The largest absolute Gasteiger partial charge is 0.497 e. The van der Waals surface area contributed by atoms with E-state index in [1.165, 1.54) is 0 Å². The van der Waals surface area contributed by atoms with Gasteiger partial charge in [0, 0.05) is 31.7 Å². The molecule has 0 saturated carbocycles. The first-order chi connectivity index (χ1) is 14.7. The minimum absolute atomic E-state index is 0.0790. The smallest absolute Gasteiger partial charge is 0.253 e. The zero-order chi connectivity index (χ0) is 20.8. The maximum absolute atomic E-state index is 12.8. The van der Waals surface area contributed by atoms with E-state index >= 15 is 0 Å². The number of methoxy groups -OCH3 is 1. The van der Waals surface area contributed by atoms with Crippen LogP contribution in [0.15, 0.2) is 71.3 Å². The molecule has 1 amide bonds. The molecule has 6 heteroatoms. The van der Waals surface area contributed by atoms with E-state index in [4.69, 9.17) is 13.9 Å². The van der Waals surface area contributed by atoms with Crippen LogP contribution >= 0.6 is 0 Å². The Morgan fingerprint density at radius 2 is 1.63 bits per heavy atom. The molecule has 1 aliphatic heterocycles. The molecule has 0 N–H and O–H groups in total. The molecule has 2 heterocycles. The molecule has 0 aliphatic carbocycles. The predicted octanol–water partition coefficient (Wildman–Crippen LogP) is 3.83. The first-order valence-electron chi connectivity index (χ1n) is 10.1. The molecule has 1 aromatic heterocycles. The van der Waals surface area contributed by atoms with Crippen molar-refractivity contribution in [3.63, 3.8) is 0 Å². The van der Waals surface area contributed by atoms with E-state index in [0.29, 0.717) is 12.2 Å². The van der Waals surface area contributed by atoms with E-state index in [1.807, 2.05) is 65.6 Å². The summed E-state index contributed by atoms with van der Waals surface area (Å²) in [4.78, 5) is 17.0. The molecule has 3 aromatic rings. The van der Waals surface area contributed by atoms with Gasteiger partial charge in [0.2, 0.25) is 0 Å². The fourth-order valence-electron chi connectivity index (χ4n) is 3.50. The number of nitrogens with zero attached hydrogens (tertiary/aromatic N) is 2. The number of carbonyl (C=O) groups excluding carboxylic acids is 1. The van der Waals surface area contributed by atoms with Crippen molar-refractivity contribution >= 4 is 5.91 Å². The average Bonchev–Trinajstić information content (AvgIpc) is 3.31. The highest BCUT2D eigenvalue weighted by Gasteiger charge is 2.22. The van der Waals surface area contributed by atoms with Crippen LogP contribution in [0.4, 0.5) is 0 Å². The van der Waals surface area contributed by atoms with E-state index in [2.05, 4.69) is 4.90 Å². The Balaban J connectivity index is 1.26. The maximum Gasteiger partial charge on any atom is 0.253 e. The van der Waals surface area contributed by atoms with Crippen molar-refractivity contribution in [1.82, 2.24) is 9.80 Å². The highest BCUT2D eigenvalue weighted by atomic mass is 16.5. The fraction of sp³-hybridized carbons (Fsp3) is 0.292. The maximum atomic E-state index is 12.8. The lowest BCUT2D eigenvalue weighted by molar-refractivity contribution is 0.0620. The Morgan fingerprint density at radius 1 is 0.933 bits per heavy atom. The summed E-state index contributed by atoms with van der Waals surface area (Å²) in [6, 6.07) is 19.0. The van der Waals surface area contributed by atoms with Crippen LogP contribution in [0.3, 0.4) is 0 Å². The Bertz CT molecular complexity index is 928. The summed E-state index contributed by atoms with van der Waals surface area (Å²) < 4.78 is 16.4. The molecule has 0 unspecified atom stereocenters. The number of rotatable bonds is 7. The first kappa shape index (κ1) is 20.0. The van der Waals surface area contributed by atoms with Gasteiger partial charge in [0.05, 0.1) is 19.9 Å². The number of carbonyl (C=O) groups is 1. The lowest BCUT2D eigenvalue weighted by atomic mass is 10.1. The van der Waals surface area contributed by atoms with Gasteiger partial charge in [0.15, 0.2) is 0 Å². The molecule has 156 valence electrons. The zero-order valence-corrected chi connectivity index (χ0v) is 17.1. The molecular weight excluding hydrogens is 380 g/mol. The molecule has 6 nitrogen and oxygen atoms in total. The number of hydrogen-bond donors (Lipinski definition) is 0. The fourth-order valence-corrected chi connectivity index (χ4v) is 3.50. The van der Waals surface area contributed by atoms with E-state index < -0.39 is 0 Å². The van der Waals surface area contributed by atoms with E-state index in [1.54, 1.807) is 13.4 Å². The van der Waals surface area contributed by atoms with Crippen LogP contribution < -0.4 is 9.47 Å². The molecule has 1 fully saturated rings. The van der Waals surface area contributed by atoms with Gasteiger partial charge >= 0.3 is 0 Å². The summed E-state index contributed by atoms with van der Waals surface area (Å²) in [5.74, 6) is 2.62. The standard InChI is InChI=1S/C24H26N2O4/c1-28-21-8-10-22(11-9-21)30-18-19-4-6-20(7-5-19)24(27)26-14-12-25(13-15-26)17-23-3-2-16-29-23/h2-11,16H,12-15,17-18H2,1H3. The summed E-state index contributed by atoms with van der Waals surface area (Å²) in [5, 5.41) is 0. The van der Waals surface area contributed by atoms with Gasteiger partial charge in [-0.2, -0.15) is 0 Å². The second kappa shape index (κ2) is 9.50. The van der Waals surface area contributed by atoms with Crippen LogP contribution in [0.5, 0.6) is 11.5 Å². The number of amides is 1. The Hall–Kier alpha value is -3.25. The van der Waals surface area contributed by atoms with Gasteiger partial charge in [-0.1, -0.05) is 12.1 Å². The van der Waals surface area contributed by atoms with Crippen LogP contribution in [0.1, 0.15) is 21.7 Å². The van der Waals surface area contributed by atoms with Gasteiger partial charge < -0.3 is 18.8 Å². The minimum atomic E-state index is 0.0790. The SMILES string of the molecule is COc1ccc(OCc2ccc(C(=O)N3CCN(Cc4ccco4)CC3)cc2)cc1. The topological polar surface area (TPSA) is 55.2 Å². The second-order valence-electron chi connectivity index (χ2n) is 7.31. The first-order valence-corrected chi connectivity index (χ1v) is 10.1. The number of hydrogen-bond acceptors (Lipinski definition) is 5. The Labute approximate surface area is 176 Å². The summed E-state index contributed by atoms with van der Waals surface area (Å²) in [5.41, 5.74) is 1.73. The highest BCUT2D eigenvalue weighted by molar-refractivity contribution is 5.94. The van der Waals surface area contributed by atoms with Gasteiger partial charge in [-0.25, -0.2) is 0 Å². The zero-order valence-electron chi connectivity index (χ0n) is 17.1. The van der Waals surface area contributed by atoms with E-state index in [9.17, 15) is 4.79 Å². The molecule has 1 aliphatic rings. The third kappa shape index (κ3) is 5.02. The van der Waals surface area contributed by atoms with Crippen LogP contribution in [0.2, 0.25) is 0 Å². The van der Waals surface area contributed by atoms with E-state index in [-0.39, 0.29) is 5.91 Å². The van der Waals surface area contributed by atoms with Crippen LogP contribution in [-0.2, 0) is 13.2 Å². The number of ether oxygens (including phenoxy) is 2. The molecular formula is C24H26N2O4. The third-order valence-electron chi connectivity index (χ3n) is 5.28. The lowest BCUT2D eigenvalue weighted by Gasteiger charge is -2.34. The number of benzene rings is 2. The number of furan rings is 1. The molecule has 30 heavy (non-hydrogen) atoms. The van der Waals surface area contributed by atoms with Crippen molar-refractivity contribution in [3.05, 3.63) is 83.8 Å². The molecule has 4 rings (SSSR count). The van der Waals surface area contributed by atoms with Gasteiger partial charge in [-0.3, -0.25) is 9.69 Å². The van der Waals surface area contributed by atoms with Crippen LogP contribution in [0, 0.1) is 0 Å². The third-order valence-corrected chi connectivity index (χ3v) is 5.28. The minimum Gasteiger partial charge on any atom is -0.497 e. The van der Waals surface area contributed by atoms with Gasteiger partial charge in [0.25, 0.3) is 5.91 Å². The second-order valence-corrected chi connectivity index (χ2v) is 7.31. The van der Waals surface area contributed by atoms with Crippen molar-refractivity contribution in [2.45, 2.75) is 13.2 Å². The van der Waals surface area contributed by atoms with Crippen molar-refractivity contribution in [2.24, 2.45) is 0 Å². The average molecular weight is 406 g/mol. The lowest BCUT2D eigenvalue weighted by Crippen LogP contribution is -2.48. The number of piperazine rings is 1. The Morgan fingerprint density at radius 3 is 2.27 bits per heavy atom. The normalized spacial score (nSPS) is 14.5. The van der Waals surface area contributed by atoms with Crippen LogP contribution in [-0.4, -0.2) is 49.0 Å². The molecule has 0 radical (unpaired) electrons. The van der Waals surface area contributed by atoms with Crippen molar-refractivity contribution < 1.29 is 18.7 Å². The van der Waals surface area contributed by atoms with Gasteiger partial charge in [0.1, 0.15) is 23.9 Å². The molecule has 1 saturated heterocycles. The quantitative estimate of drug-likeness (QED) is 0.597. The Kier molecular flexibility index (Phi) is 6.35.